The Bertz CT molecular complexity index is 2820. The average Bonchev–Trinajstić information content (AvgIpc) is 3.64. The van der Waals surface area contributed by atoms with E-state index in [1.807, 2.05) is 14.0 Å². The zero-order chi connectivity index (χ0) is 57.3. The fraction of sp³-hybridized carbons (Fsp3) is 0.481. The van der Waals surface area contributed by atoms with Crippen molar-refractivity contribution < 1.29 is 72.0 Å². The standard InChI is InChI=1S/C43H58N4O12.C11H12F3N3S/c1-21-12-11-13-22(2)42(55)45-33-28(20-44-47-17-15-46(9)16-18-47)37(52)30-31(38(33)53)36(51)26(6)40-32(30)41(54)43(8,59-40)57-19-14-29(56-10)23(3)39(58-27(7)48)25(5)35(50)24(4)34(21)49;1-2-18-10(15)17-16-7-8-3-5-9(6-4-8)11(12,13)14/h11-14,19-21,23-25,29,34-35,39,49-53H,15-18H2,1-10H3,(H,45,55);3-7H,2H2,1H3,(H2,15,17)/b12-11+,19-14+,22-13-,44-20-;16-7+/t21-,23+,24+,25+,29-,34-,35+,39+,43-;/m0./s1. The number of likely N-dealkylation sites (N-methyl/N-ethyl adjacent to an activating group) is 1. The molecular weight excluding hydrogens is 1030 g/mol. The number of aromatic hydroxyl groups is 3. The van der Waals surface area contributed by atoms with Crippen molar-refractivity contribution in [3.05, 3.63) is 88.2 Å². The molecule has 0 spiro atoms. The summed E-state index contributed by atoms with van der Waals surface area (Å²) in [4.78, 5) is 42.6. The zero-order valence-electron chi connectivity index (χ0n) is 45.0. The topological polar surface area (TPSA) is 271 Å². The number of amides is 1. The summed E-state index contributed by atoms with van der Waals surface area (Å²) < 4.78 is 60.5. The van der Waals surface area contributed by atoms with Crippen LogP contribution in [0.5, 0.6) is 23.0 Å². The summed E-state index contributed by atoms with van der Waals surface area (Å²) in [6.45, 7) is 17.0. The van der Waals surface area contributed by atoms with Crippen LogP contribution < -0.4 is 15.8 Å². The number of carbonyl (C=O) groups is 3. The molecule has 0 aromatic heterocycles. The lowest BCUT2D eigenvalue weighted by Crippen LogP contribution is -2.46. The number of thioether (sulfide) groups is 1. The molecule has 0 unspecified atom stereocenters. The maximum Gasteiger partial charge on any atom is 0.416 e. The van der Waals surface area contributed by atoms with Crippen LogP contribution in [0.25, 0.3) is 10.8 Å². The van der Waals surface area contributed by atoms with Crippen molar-refractivity contribution in [2.45, 2.75) is 98.7 Å². The number of nitrogens with two attached hydrogens (primary N) is 1. The van der Waals surface area contributed by atoms with Crippen LogP contribution in [-0.4, -0.2) is 147 Å². The molecule has 4 heterocycles. The Morgan fingerprint density at radius 2 is 1.60 bits per heavy atom. The average molecular weight is 1100 g/mol. The molecule has 7 rings (SSSR count). The molecule has 4 aliphatic heterocycles. The number of alkyl halides is 3. The number of hydrogen-bond acceptors (Lipinski definition) is 18. The van der Waals surface area contributed by atoms with Crippen LogP contribution >= 0.6 is 11.8 Å². The Morgan fingerprint density at radius 1 is 0.948 bits per heavy atom. The van der Waals surface area contributed by atoms with Gasteiger partial charge in [-0.15, -0.1) is 5.10 Å². The van der Waals surface area contributed by atoms with Crippen LogP contribution in [0.4, 0.5) is 18.9 Å². The molecule has 3 aromatic carbocycles. The first-order valence-electron chi connectivity index (χ1n) is 24.9. The summed E-state index contributed by atoms with van der Waals surface area (Å²) in [6, 6.07) is 4.64. The van der Waals surface area contributed by atoms with Crippen molar-refractivity contribution in [3.63, 3.8) is 0 Å². The lowest BCUT2D eigenvalue weighted by molar-refractivity contribution is -0.160. The zero-order valence-corrected chi connectivity index (χ0v) is 45.8. The van der Waals surface area contributed by atoms with Gasteiger partial charge in [-0.2, -0.15) is 23.4 Å². The van der Waals surface area contributed by atoms with Gasteiger partial charge in [0, 0.05) is 87.3 Å². The predicted molar refractivity (Wildman–Crippen MR) is 289 cm³/mol. The number of piperazine rings is 1. The second kappa shape index (κ2) is 26.1. The number of nitrogens with zero attached hydrogens (tertiary/aromatic N) is 5. The Morgan fingerprint density at radius 3 is 2.19 bits per heavy atom. The van der Waals surface area contributed by atoms with Crippen LogP contribution in [0.15, 0.2) is 75.7 Å². The summed E-state index contributed by atoms with van der Waals surface area (Å²) in [7, 11) is 3.42. The highest BCUT2D eigenvalue weighted by molar-refractivity contribution is 8.13. The highest BCUT2D eigenvalue weighted by atomic mass is 32.2. The predicted octanol–water partition coefficient (Wildman–Crippen LogP) is 7.44. The second-order valence-corrected chi connectivity index (χ2v) is 20.6. The van der Waals surface area contributed by atoms with Crippen molar-refractivity contribution in [2.24, 2.45) is 44.7 Å². The Kier molecular flexibility index (Phi) is 20.8. The number of nitrogens with one attached hydrogen (secondary N) is 1. The number of amidine groups is 1. The number of phenols is 3. The number of hydrogen-bond donors (Lipinski definition) is 7. The van der Waals surface area contributed by atoms with E-state index in [1.165, 1.54) is 89.5 Å². The molecule has 77 heavy (non-hydrogen) atoms. The van der Waals surface area contributed by atoms with E-state index in [0.29, 0.717) is 23.8 Å². The first-order valence-corrected chi connectivity index (χ1v) is 25.9. The number of allylic oxidation sites excluding steroid dienone is 2. The van der Waals surface area contributed by atoms with E-state index < -0.39 is 101 Å². The van der Waals surface area contributed by atoms with E-state index in [9.17, 15) is 53.1 Å². The molecule has 0 radical (unpaired) electrons. The Balaban J connectivity index is 0.000000514. The minimum absolute atomic E-state index is 0.0559. The molecule has 1 fully saturated rings. The monoisotopic (exact) mass is 1100 g/mol. The van der Waals surface area contributed by atoms with Gasteiger partial charge in [-0.25, -0.2) is 0 Å². The summed E-state index contributed by atoms with van der Waals surface area (Å²) in [5, 5.41) is 74.5. The van der Waals surface area contributed by atoms with Gasteiger partial charge in [0.15, 0.2) is 10.9 Å². The third kappa shape index (κ3) is 14.5. The molecule has 4 aliphatic rings. The maximum atomic E-state index is 14.4. The van der Waals surface area contributed by atoms with Crippen LogP contribution in [0.1, 0.15) is 88.0 Å². The normalized spacial score (nSPS) is 27.7. The number of Topliss-reactive ketones (excluding diaryl/α,β-unsaturated/α-hetero) is 1. The SMILES string of the molecule is CCS/C(N)=N\N=C\c1ccc(C(F)(F)F)cc1.CO[C@H]1/C=C/O[C@@]2(C)Oc3c(C)c(O)c4c(O)c(c(/C=N\N5CCN(C)CC5)c(O)c4c3C2=O)NC(=O)/C(C)=C\C=C\[C@H](C)[C@H](O)[C@@H](C)[C@@H](O)[C@@H](C)[C@H](OC(C)=O)[C@@H]1C. The molecule has 0 saturated carbocycles. The number of anilines is 1. The lowest BCUT2D eigenvalue weighted by Gasteiger charge is -2.38. The summed E-state index contributed by atoms with van der Waals surface area (Å²) in [5.41, 5.74) is 4.97. The Labute approximate surface area is 450 Å². The van der Waals surface area contributed by atoms with Gasteiger partial charge in [-0.05, 0) is 50.4 Å². The van der Waals surface area contributed by atoms with Gasteiger partial charge in [-0.1, -0.05) is 76.7 Å². The van der Waals surface area contributed by atoms with Gasteiger partial charge in [0.2, 0.25) is 0 Å². The molecule has 420 valence electrons. The maximum absolute atomic E-state index is 14.4. The lowest BCUT2D eigenvalue weighted by atomic mass is 9.78. The molecule has 0 aliphatic carbocycles. The number of ether oxygens (including phenoxy) is 4. The van der Waals surface area contributed by atoms with Crippen LogP contribution in [0, 0.1) is 30.6 Å². The summed E-state index contributed by atoms with van der Waals surface area (Å²) >= 11 is 1.34. The van der Waals surface area contributed by atoms with Crippen molar-refractivity contribution in [2.75, 3.05) is 51.4 Å². The van der Waals surface area contributed by atoms with Crippen LogP contribution in [-0.2, 0) is 30.0 Å². The van der Waals surface area contributed by atoms with Crippen molar-refractivity contribution in [1.82, 2.24) is 9.91 Å². The third-order valence-electron chi connectivity index (χ3n) is 13.8. The number of rotatable bonds is 7. The molecule has 9 atom stereocenters. The molecule has 8 N–H and O–H groups in total. The molecule has 1 amide bonds. The van der Waals surface area contributed by atoms with E-state index in [2.05, 4.69) is 25.5 Å². The Hall–Kier alpha value is -6.66. The number of hydrazone groups is 1. The quantitative estimate of drug-likeness (QED) is 0.0302. The third-order valence-corrected chi connectivity index (χ3v) is 14.4. The van der Waals surface area contributed by atoms with Crippen molar-refractivity contribution in [1.29, 1.82) is 0 Å². The largest absolute Gasteiger partial charge is 0.507 e. The van der Waals surface area contributed by atoms with E-state index in [-0.39, 0.29) is 44.5 Å². The van der Waals surface area contributed by atoms with E-state index in [1.54, 1.807) is 44.9 Å². The first-order chi connectivity index (χ1) is 36.2. The molecule has 1 saturated heterocycles. The van der Waals surface area contributed by atoms with Crippen molar-refractivity contribution in [3.8, 4) is 23.0 Å². The van der Waals surface area contributed by atoms with Gasteiger partial charge in [0.25, 0.3) is 11.7 Å². The fourth-order valence-corrected chi connectivity index (χ4v) is 9.41. The van der Waals surface area contributed by atoms with Crippen molar-refractivity contribution >= 4 is 63.5 Å². The van der Waals surface area contributed by atoms with E-state index in [4.69, 9.17) is 24.7 Å². The van der Waals surface area contributed by atoms with Crippen LogP contribution in [0.2, 0.25) is 0 Å². The van der Waals surface area contributed by atoms with E-state index in [0.717, 1.165) is 31.0 Å². The van der Waals surface area contributed by atoms with Crippen LogP contribution in [0.3, 0.4) is 0 Å². The molecule has 3 aromatic rings. The fourth-order valence-electron chi connectivity index (χ4n) is 9.01. The molecule has 19 nitrogen and oxygen atoms in total. The smallest absolute Gasteiger partial charge is 0.416 e. The summed E-state index contributed by atoms with van der Waals surface area (Å²) in [6.07, 6.45) is 1.89. The first kappa shape index (κ1) is 61.2. The minimum Gasteiger partial charge on any atom is -0.507 e. The van der Waals surface area contributed by atoms with Gasteiger partial charge in [-0.3, -0.25) is 19.4 Å². The molecule has 23 heteroatoms. The molecule has 5 bridgehead atoms. The number of halogens is 3. The highest BCUT2D eigenvalue weighted by Crippen LogP contribution is 2.55. The number of aliphatic hydroxyl groups is 2. The number of methoxy groups -OCH3 is 1. The molecular formula is C54H70F3N7O12S. The number of ketones is 1. The van der Waals surface area contributed by atoms with Gasteiger partial charge >= 0.3 is 17.9 Å². The van der Waals surface area contributed by atoms with Gasteiger partial charge in [0.05, 0.1) is 64.8 Å². The number of aliphatic hydroxyl groups excluding tert-OH is 2. The van der Waals surface area contributed by atoms with E-state index >= 15 is 0 Å². The number of carbonyl (C=O) groups excluding carboxylic acids is 3. The second-order valence-electron chi connectivity index (χ2n) is 19.4. The van der Waals surface area contributed by atoms with Gasteiger partial charge in [0.1, 0.15) is 23.4 Å². The minimum atomic E-state index is -4.32. The number of esters is 1. The number of benzene rings is 3. The number of fused-ring (bicyclic) bond motifs is 14. The summed E-state index contributed by atoms with van der Waals surface area (Å²) in [5.74, 6) is -7.56. The number of phenolic OH excluding ortho intramolecular Hbond substituents is 3. The van der Waals surface area contributed by atoms with Gasteiger partial charge < -0.3 is 60.4 Å². The highest BCUT2D eigenvalue weighted by Gasteiger charge is 2.50.